The Morgan fingerprint density at radius 3 is 2.59 bits per heavy atom. The van der Waals surface area contributed by atoms with E-state index in [0.29, 0.717) is 18.5 Å². The number of allylic oxidation sites excluding steroid dienone is 2. The first-order valence-corrected chi connectivity index (χ1v) is 12.1. The van der Waals surface area contributed by atoms with Crippen LogP contribution in [0.15, 0.2) is 29.3 Å². The molecule has 1 aromatic rings. The molecule has 1 aliphatic carbocycles. The van der Waals surface area contributed by atoms with Crippen LogP contribution in [0.3, 0.4) is 0 Å². The SMILES string of the molecule is CC(C#N)N=C(N)C(=O)Nc1ccc(C2C[C@]3(CO)CC[C@](CO)(C2)O3)cc1C1=CCCCC1. The van der Waals surface area contributed by atoms with E-state index in [-0.39, 0.29) is 25.0 Å². The number of amidine groups is 1. The molecule has 2 bridgehead atoms. The number of fused-ring (bicyclic) bond motifs is 2. The molecule has 2 unspecified atom stereocenters. The first-order chi connectivity index (χ1) is 16.3. The molecule has 2 heterocycles. The van der Waals surface area contributed by atoms with Crippen molar-refractivity contribution in [2.75, 3.05) is 18.5 Å². The molecule has 4 atom stereocenters. The van der Waals surface area contributed by atoms with E-state index in [9.17, 15) is 15.0 Å². The lowest BCUT2D eigenvalue weighted by Crippen LogP contribution is -2.47. The Kier molecular flexibility index (Phi) is 7.08. The molecule has 4 rings (SSSR count). The number of aliphatic imine (C=N–C) groups is 1. The average Bonchev–Trinajstić information content (AvgIpc) is 3.15. The summed E-state index contributed by atoms with van der Waals surface area (Å²) in [5.41, 5.74) is 8.53. The van der Waals surface area contributed by atoms with Crippen LogP contribution in [-0.4, -0.2) is 52.4 Å². The summed E-state index contributed by atoms with van der Waals surface area (Å²) in [7, 11) is 0. The van der Waals surface area contributed by atoms with Gasteiger partial charge in [0.05, 0.1) is 30.5 Å². The average molecular weight is 467 g/mol. The molecule has 0 radical (unpaired) electrons. The van der Waals surface area contributed by atoms with Gasteiger partial charge in [-0.2, -0.15) is 5.26 Å². The number of amides is 1. The molecular formula is C26H34N4O4. The predicted octanol–water partition coefficient (Wildman–Crippen LogP) is 3.00. The molecule has 1 aromatic carbocycles. The van der Waals surface area contributed by atoms with Crippen LogP contribution in [0.2, 0.25) is 0 Å². The topological polar surface area (TPSA) is 141 Å². The van der Waals surface area contributed by atoms with Crippen molar-refractivity contribution in [1.82, 2.24) is 0 Å². The Labute approximate surface area is 200 Å². The van der Waals surface area contributed by atoms with Crippen LogP contribution in [0, 0.1) is 11.3 Å². The second-order valence-corrected chi connectivity index (χ2v) is 9.94. The number of nitrogens with zero attached hydrogens (tertiary/aromatic N) is 2. The van der Waals surface area contributed by atoms with Crippen molar-refractivity contribution < 1.29 is 19.7 Å². The lowest BCUT2D eigenvalue weighted by molar-refractivity contribution is -0.177. The number of benzene rings is 1. The Hall–Kier alpha value is -2.73. The van der Waals surface area contributed by atoms with Crippen LogP contribution in [0.1, 0.15) is 75.3 Å². The van der Waals surface area contributed by atoms with Crippen LogP contribution >= 0.6 is 0 Å². The first-order valence-electron chi connectivity index (χ1n) is 12.1. The normalized spacial score (nSPS) is 29.8. The molecule has 0 aromatic heterocycles. The third-order valence-corrected chi connectivity index (χ3v) is 7.43. The van der Waals surface area contributed by atoms with Gasteiger partial charge in [-0.3, -0.25) is 4.79 Å². The number of carbonyl (C=O) groups is 1. The minimum atomic E-state index is -0.699. The monoisotopic (exact) mass is 466 g/mol. The second kappa shape index (κ2) is 9.87. The van der Waals surface area contributed by atoms with Crippen molar-refractivity contribution >= 4 is 23.0 Å². The highest BCUT2D eigenvalue weighted by Crippen LogP contribution is 2.53. The lowest BCUT2D eigenvalue weighted by Gasteiger charge is -2.43. The van der Waals surface area contributed by atoms with Crippen molar-refractivity contribution in [2.24, 2.45) is 10.7 Å². The zero-order valence-corrected chi connectivity index (χ0v) is 19.7. The number of aliphatic hydroxyl groups excluding tert-OH is 2. The van der Waals surface area contributed by atoms with Crippen molar-refractivity contribution in [1.29, 1.82) is 5.26 Å². The lowest BCUT2D eigenvalue weighted by atomic mass is 9.78. The molecule has 0 saturated carbocycles. The molecule has 3 aliphatic rings. The van der Waals surface area contributed by atoms with Crippen LogP contribution < -0.4 is 11.1 Å². The number of ether oxygens (including phenoxy) is 1. The van der Waals surface area contributed by atoms with E-state index in [1.54, 1.807) is 6.92 Å². The van der Waals surface area contributed by atoms with Gasteiger partial charge in [-0.1, -0.05) is 12.1 Å². The van der Waals surface area contributed by atoms with E-state index in [0.717, 1.165) is 49.7 Å². The summed E-state index contributed by atoms with van der Waals surface area (Å²) >= 11 is 0. The Balaban J connectivity index is 1.66. The van der Waals surface area contributed by atoms with E-state index >= 15 is 0 Å². The summed E-state index contributed by atoms with van der Waals surface area (Å²) in [6.45, 7) is 1.46. The molecule has 1 amide bonds. The molecule has 2 aliphatic heterocycles. The fourth-order valence-corrected chi connectivity index (χ4v) is 5.62. The van der Waals surface area contributed by atoms with Gasteiger partial charge in [0.15, 0.2) is 5.84 Å². The minimum Gasteiger partial charge on any atom is -0.393 e. The van der Waals surface area contributed by atoms with Gasteiger partial charge < -0.3 is 26.0 Å². The highest BCUT2D eigenvalue weighted by atomic mass is 16.6. The maximum absolute atomic E-state index is 12.7. The van der Waals surface area contributed by atoms with Gasteiger partial charge >= 0.3 is 0 Å². The molecule has 2 saturated heterocycles. The molecule has 8 nitrogen and oxygen atoms in total. The molecule has 182 valence electrons. The van der Waals surface area contributed by atoms with Gasteiger partial charge in [0.2, 0.25) is 0 Å². The fourth-order valence-electron chi connectivity index (χ4n) is 5.62. The highest BCUT2D eigenvalue weighted by molar-refractivity contribution is 6.41. The van der Waals surface area contributed by atoms with Gasteiger partial charge in [0, 0.05) is 11.3 Å². The summed E-state index contributed by atoms with van der Waals surface area (Å²) in [5.74, 6) is -0.626. The van der Waals surface area contributed by atoms with E-state index in [4.69, 9.17) is 15.7 Å². The zero-order chi connectivity index (χ0) is 24.3. The molecule has 0 spiro atoms. The third-order valence-electron chi connectivity index (χ3n) is 7.43. The van der Waals surface area contributed by atoms with Crippen LogP contribution in [-0.2, 0) is 9.53 Å². The fraction of sp³-hybridized carbons (Fsp3) is 0.577. The number of rotatable bonds is 6. The van der Waals surface area contributed by atoms with E-state index in [1.807, 2.05) is 18.2 Å². The molecule has 34 heavy (non-hydrogen) atoms. The van der Waals surface area contributed by atoms with Crippen molar-refractivity contribution in [3.8, 4) is 6.07 Å². The second-order valence-electron chi connectivity index (χ2n) is 9.94. The molecular weight excluding hydrogens is 432 g/mol. The van der Waals surface area contributed by atoms with Gasteiger partial charge in [-0.15, -0.1) is 0 Å². The smallest absolute Gasteiger partial charge is 0.290 e. The minimum absolute atomic E-state index is 0.0584. The summed E-state index contributed by atoms with van der Waals surface area (Å²) in [6.07, 6.45) is 9.26. The van der Waals surface area contributed by atoms with E-state index < -0.39 is 23.2 Å². The number of carbonyl (C=O) groups excluding carboxylic acids is 1. The maximum atomic E-state index is 12.7. The van der Waals surface area contributed by atoms with Crippen LogP contribution in [0.5, 0.6) is 0 Å². The van der Waals surface area contributed by atoms with Gasteiger partial charge in [-0.05, 0) is 87.5 Å². The van der Waals surface area contributed by atoms with Crippen LogP contribution in [0.4, 0.5) is 5.69 Å². The Morgan fingerprint density at radius 2 is 2.00 bits per heavy atom. The molecule has 2 fully saturated rings. The quantitative estimate of drug-likeness (QED) is 0.375. The summed E-state index contributed by atoms with van der Waals surface area (Å²) in [5, 5.41) is 32.0. The summed E-state index contributed by atoms with van der Waals surface area (Å²) in [4.78, 5) is 16.6. The zero-order valence-electron chi connectivity index (χ0n) is 19.7. The standard InChI is InChI=1S/C26H34N4O4/c1-17(14-27)29-23(28)24(33)30-22-8-7-19(11-21(22)18-5-3-2-4-6-18)20-12-25(15-31)9-10-26(13-20,16-32)34-25/h5,7-8,11,17,20,31-32H,2-4,6,9-10,12-13,15-16H2,1H3,(H2,28,29)(H,30,33)/t17?,20?,25-,26+. The van der Waals surface area contributed by atoms with Gasteiger partial charge in [0.1, 0.15) is 6.04 Å². The third kappa shape index (κ3) is 4.88. The summed E-state index contributed by atoms with van der Waals surface area (Å²) < 4.78 is 6.19. The number of hydrogen-bond acceptors (Lipinski definition) is 6. The van der Waals surface area contributed by atoms with E-state index in [1.165, 1.54) is 5.57 Å². The Bertz CT molecular complexity index is 1030. The number of hydrogen-bond donors (Lipinski definition) is 4. The molecule has 5 N–H and O–H groups in total. The highest BCUT2D eigenvalue weighted by Gasteiger charge is 2.54. The number of nitrogens with one attached hydrogen (secondary N) is 1. The van der Waals surface area contributed by atoms with Crippen molar-refractivity contribution in [2.45, 2.75) is 81.5 Å². The van der Waals surface area contributed by atoms with Gasteiger partial charge in [-0.25, -0.2) is 4.99 Å². The number of nitrogens with two attached hydrogens (primary N) is 1. The maximum Gasteiger partial charge on any atom is 0.290 e. The van der Waals surface area contributed by atoms with E-state index in [2.05, 4.69) is 22.5 Å². The number of anilines is 1. The first kappa shape index (κ1) is 24.4. The predicted molar refractivity (Wildman–Crippen MR) is 130 cm³/mol. The largest absolute Gasteiger partial charge is 0.393 e. The summed E-state index contributed by atoms with van der Waals surface area (Å²) in [6, 6.07) is 7.27. The number of nitriles is 1. The van der Waals surface area contributed by atoms with Crippen LogP contribution in [0.25, 0.3) is 5.57 Å². The van der Waals surface area contributed by atoms with Crippen molar-refractivity contribution in [3.63, 3.8) is 0 Å². The number of aliphatic hydroxyl groups is 2. The van der Waals surface area contributed by atoms with Gasteiger partial charge in [0.25, 0.3) is 5.91 Å². The van der Waals surface area contributed by atoms with Crippen molar-refractivity contribution in [3.05, 3.63) is 35.4 Å². The Morgan fingerprint density at radius 1 is 1.29 bits per heavy atom. The molecule has 8 heteroatoms.